The van der Waals surface area contributed by atoms with Gasteiger partial charge in [-0.2, -0.15) is 0 Å². The number of para-hydroxylation sites is 2. The Morgan fingerprint density at radius 1 is 0.808 bits per heavy atom. The predicted octanol–water partition coefficient (Wildman–Crippen LogP) is 4.98. The second-order valence-electron chi connectivity index (χ2n) is 6.23. The number of nitrogens with zero attached hydrogens (tertiary/aromatic N) is 3. The number of hydrogen-bond donors (Lipinski definition) is 0. The molecule has 0 bridgehead atoms. The number of rotatable bonds is 3. The number of ether oxygens (including phenoxy) is 1. The maximum absolute atomic E-state index is 5.57. The van der Waals surface area contributed by atoms with Crippen LogP contribution in [-0.4, -0.2) is 21.2 Å². The van der Waals surface area contributed by atoms with Gasteiger partial charge in [-0.3, -0.25) is 0 Å². The smallest absolute Gasteiger partial charge is 0.123 e. The summed E-state index contributed by atoms with van der Waals surface area (Å²) in [7, 11) is 1.70. The van der Waals surface area contributed by atoms with Gasteiger partial charge < -0.3 is 13.9 Å². The minimum atomic E-state index is 0.813. The van der Waals surface area contributed by atoms with Crippen LogP contribution in [0.25, 0.3) is 33.2 Å². The molecule has 0 unspecified atom stereocenters. The molecule has 2 aromatic heterocycles. The minimum absolute atomic E-state index is 0.813. The van der Waals surface area contributed by atoms with E-state index in [1.54, 1.807) is 19.6 Å². The first kappa shape index (κ1) is 14.8. The zero-order valence-electron chi connectivity index (χ0n) is 14.3. The summed E-state index contributed by atoms with van der Waals surface area (Å²) in [6, 6.07) is 23.2. The van der Waals surface area contributed by atoms with Crippen LogP contribution in [0.4, 0.5) is 0 Å². The third kappa shape index (κ3) is 2.19. The lowest BCUT2D eigenvalue weighted by atomic mass is 10.2. The van der Waals surface area contributed by atoms with Gasteiger partial charge in [0, 0.05) is 35.3 Å². The van der Waals surface area contributed by atoms with Crippen LogP contribution in [0.3, 0.4) is 0 Å². The van der Waals surface area contributed by atoms with Gasteiger partial charge in [0.2, 0.25) is 0 Å². The number of fused-ring (bicyclic) bond motifs is 3. The first-order valence-corrected chi connectivity index (χ1v) is 8.51. The number of benzene rings is 3. The van der Waals surface area contributed by atoms with Crippen molar-refractivity contribution >= 4 is 21.8 Å². The number of hydrogen-bond acceptors (Lipinski definition) is 2. The molecule has 0 N–H and O–H groups in total. The van der Waals surface area contributed by atoms with Gasteiger partial charge in [-0.15, -0.1) is 0 Å². The van der Waals surface area contributed by atoms with E-state index < -0.39 is 0 Å². The Kier molecular flexibility index (Phi) is 3.28. The van der Waals surface area contributed by atoms with Crippen molar-refractivity contribution in [3.8, 4) is 17.1 Å². The van der Waals surface area contributed by atoms with E-state index in [9.17, 15) is 0 Å². The average Bonchev–Trinajstić information content (AvgIpc) is 3.34. The summed E-state index contributed by atoms with van der Waals surface area (Å²) in [5.41, 5.74) is 4.43. The van der Waals surface area contributed by atoms with Gasteiger partial charge in [-0.1, -0.05) is 36.4 Å². The molecule has 0 spiro atoms. The van der Waals surface area contributed by atoms with E-state index >= 15 is 0 Å². The van der Waals surface area contributed by atoms with Crippen LogP contribution >= 0.6 is 0 Å². The Morgan fingerprint density at radius 3 is 2.08 bits per heavy atom. The standard InChI is InChI=1S/C22H17N3O/c1-26-18-13-16(24-11-10-23-15-24)12-17(14-18)25-21-8-4-2-6-19(21)20-7-3-5-9-22(20)25/h2-15H,1H3. The molecule has 4 heteroatoms. The third-order valence-electron chi connectivity index (χ3n) is 4.75. The highest BCUT2D eigenvalue weighted by Crippen LogP contribution is 2.33. The van der Waals surface area contributed by atoms with Crippen LogP contribution in [0, 0.1) is 0 Å². The van der Waals surface area contributed by atoms with Crippen molar-refractivity contribution in [2.75, 3.05) is 7.11 Å². The largest absolute Gasteiger partial charge is 0.497 e. The quantitative estimate of drug-likeness (QED) is 0.464. The van der Waals surface area contributed by atoms with Crippen LogP contribution in [0.2, 0.25) is 0 Å². The minimum Gasteiger partial charge on any atom is -0.497 e. The van der Waals surface area contributed by atoms with Gasteiger partial charge in [-0.25, -0.2) is 4.98 Å². The van der Waals surface area contributed by atoms with Gasteiger partial charge in [0.1, 0.15) is 5.75 Å². The Hall–Kier alpha value is -3.53. The van der Waals surface area contributed by atoms with Crippen LogP contribution in [0.1, 0.15) is 0 Å². The summed E-state index contributed by atoms with van der Waals surface area (Å²) in [6.45, 7) is 0. The van der Waals surface area contributed by atoms with Crippen LogP contribution in [0.15, 0.2) is 85.5 Å². The molecule has 0 aliphatic rings. The van der Waals surface area contributed by atoms with Gasteiger partial charge in [0.25, 0.3) is 0 Å². The highest BCUT2D eigenvalue weighted by atomic mass is 16.5. The van der Waals surface area contributed by atoms with Crippen molar-refractivity contribution in [1.29, 1.82) is 0 Å². The molecular formula is C22H17N3O. The molecule has 0 atom stereocenters. The van der Waals surface area contributed by atoms with Gasteiger partial charge >= 0.3 is 0 Å². The van der Waals surface area contributed by atoms with E-state index in [4.69, 9.17) is 4.74 Å². The van der Waals surface area contributed by atoms with E-state index in [2.05, 4.69) is 70.2 Å². The zero-order chi connectivity index (χ0) is 17.5. The van der Waals surface area contributed by atoms with E-state index in [1.807, 2.05) is 16.8 Å². The molecule has 5 aromatic rings. The van der Waals surface area contributed by atoms with Gasteiger partial charge in [0.05, 0.1) is 35.8 Å². The fourth-order valence-corrected chi connectivity index (χ4v) is 3.58. The Morgan fingerprint density at radius 2 is 1.46 bits per heavy atom. The number of imidazole rings is 1. The zero-order valence-corrected chi connectivity index (χ0v) is 14.3. The Labute approximate surface area is 150 Å². The molecule has 0 radical (unpaired) electrons. The van der Waals surface area contributed by atoms with Crippen molar-refractivity contribution < 1.29 is 4.74 Å². The summed E-state index contributed by atoms with van der Waals surface area (Å²) in [4.78, 5) is 4.16. The van der Waals surface area contributed by atoms with E-state index in [0.717, 1.165) is 17.1 Å². The summed E-state index contributed by atoms with van der Waals surface area (Å²) >= 11 is 0. The normalized spacial score (nSPS) is 11.3. The average molecular weight is 339 g/mol. The van der Waals surface area contributed by atoms with Crippen molar-refractivity contribution in [1.82, 2.24) is 14.1 Å². The van der Waals surface area contributed by atoms with Gasteiger partial charge in [-0.05, 0) is 18.2 Å². The molecule has 5 rings (SSSR count). The van der Waals surface area contributed by atoms with Crippen LogP contribution in [-0.2, 0) is 0 Å². The number of aromatic nitrogens is 3. The molecule has 126 valence electrons. The fourth-order valence-electron chi connectivity index (χ4n) is 3.58. The van der Waals surface area contributed by atoms with E-state index in [0.29, 0.717) is 0 Å². The first-order chi connectivity index (χ1) is 12.8. The lowest BCUT2D eigenvalue weighted by molar-refractivity contribution is 0.414. The van der Waals surface area contributed by atoms with Crippen molar-refractivity contribution in [3.05, 3.63) is 85.5 Å². The monoisotopic (exact) mass is 339 g/mol. The van der Waals surface area contributed by atoms with Crippen molar-refractivity contribution in [2.45, 2.75) is 0 Å². The third-order valence-corrected chi connectivity index (χ3v) is 4.75. The molecule has 0 amide bonds. The van der Waals surface area contributed by atoms with Crippen LogP contribution < -0.4 is 4.74 Å². The molecule has 26 heavy (non-hydrogen) atoms. The maximum atomic E-state index is 5.57. The summed E-state index contributed by atoms with van der Waals surface area (Å²) in [6.07, 6.45) is 5.51. The first-order valence-electron chi connectivity index (χ1n) is 8.51. The molecule has 0 saturated carbocycles. The molecule has 3 aromatic carbocycles. The molecule has 0 aliphatic carbocycles. The molecule has 0 fully saturated rings. The predicted molar refractivity (Wildman–Crippen MR) is 104 cm³/mol. The molecule has 0 saturated heterocycles. The van der Waals surface area contributed by atoms with Crippen molar-refractivity contribution in [2.24, 2.45) is 0 Å². The SMILES string of the molecule is COc1cc(-n2ccnc2)cc(-n2c3ccccc3c3ccccc32)c1. The molecular weight excluding hydrogens is 322 g/mol. The summed E-state index contributed by atoms with van der Waals surface area (Å²) in [5, 5.41) is 2.49. The van der Waals surface area contributed by atoms with Crippen LogP contribution in [0.5, 0.6) is 5.75 Å². The summed E-state index contributed by atoms with van der Waals surface area (Å²) in [5.74, 6) is 0.813. The molecule has 4 nitrogen and oxygen atoms in total. The second-order valence-corrected chi connectivity index (χ2v) is 6.23. The topological polar surface area (TPSA) is 32.0 Å². The van der Waals surface area contributed by atoms with E-state index in [1.165, 1.54) is 21.8 Å². The molecule has 2 heterocycles. The Bertz CT molecular complexity index is 1170. The van der Waals surface area contributed by atoms with Gasteiger partial charge in [0.15, 0.2) is 0 Å². The van der Waals surface area contributed by atoms with E-state index in [-0.39, 0.29) is 0 Å². The number of methoxy groups -OCH3 is 1. The Balaban J connectivity index is 1.86. The maximum Gasteiger partial charge on any atom is 0.123 e. The highest BCUT2D eigenvalue weighted by molar-refractivity contribution is 6.09. The lowest BCUT2D eigenvalue weighted by Crippen LogP contribution is -1.99. The highest BCUT2D eigenvalue weighted by Gasteiger charge is 2.13. The fraction of sp³-hybridized carbons (Fsp3) is 0.0455. The second kappa shape index (κ2) is 5.77. The lowest BCUT2D eigenvalue weighted by Gasteiger charge is -2.13. The summed E-state index contributed by atoms with van der Waals surface area (Å²) < 4.78 is 9.84. The van der Waals surface area contributed by atoms with Crippen molar-refractivity contribution in [3.63, 3.8) is 0 Å². The molecule has 0 aliphatic heterocycles.